The lowest BCUT2D eigenvalue weighted by Gasteiger charge is -2.32. The quantitative estimate of drug-likeness (QED) is 0.843. The van der Waals surface area contributed by atoms with Gasteiger partial charge in [-0.2, -0.15) is 10.1 Å². The fourth-order valence-corrected chi connectivity index (χ4v) is 2.30. The van der Waals surface area contributed by atoms with Crippen molar-refractivity contribution in [3.63, 3.8) is 0 Å². The molecule has 0 bridgehead atoms. The van der Waals surface area contributed by atoms with Gasteiger partial charge >= 0.3 is 0 Å². The van der Waals surface area contributed by atoms with Gasteiger partial charge < -0.3 is 15.5 Å². The summed E-state index contributed by atoms with van der Waals surface area (Å²) in [6.07, 6.45) is 3.71. The maximum Gasteiger partial charge on any atom is 0.227 e. The van der Waals surface area contributed by atoms with Crippen LogP contribution in [-0.4, -0.2) is 57.9 Å². The lowest BCUT2D eigenvalue weighted by Crippen LogP contribution is -2.45. The van der Waals surface area contributed by atoms with E-state index >= 15 is 0 Å². The van der Waals surface area contributed by atoms with Crippen molar-refractivity contribution in [2.75, 3.05) is 43.9 Å². The molecule has 106 valence electrons. The molecule has 1 saturated heterocycles. The van der Waals surface area contributed by atoms with Crippen LogP contribution >= 0.6 is 0 Å². The first kappa shape index (κ1) is 12.9. The number of hydrogen-bond acceptors (Lipinski definition) is 6. The van der Waals surface area contributed by atoms with E-state index < -0.39 is 0 Å². The summed E-state index contributed by atoms with van der Waals surface area (Å²) in [6, 6.07) is 1.79. The van der Waals surface area contributed by atoms with Gasteiger partial charge in [-0.3, -0.25) is 4.68 Å². The van der Waals surface area contributed by atoms with Crippen LogP contribution in [0.15, 0.2) is 18.5 Å². The first-order valence-corrected chi connectivity index (χ1v) is 6.69. The van der Waals surface area contributed by atoms with Gasteiger partial charge in [0.2, 0.25) is 5.95 Å². The van der Waals surface area contributed by atoms with E-state index in [1.54, 1.807) is 16.9 Å². The number of anilines is 2. The molecule has 2 N–H and O–H groups in total. The van der Waals surface area contributed by atoms with Crippen molar-refractivity contribution in [3.8, 4) is 11.3 Å². The lowest BCUT2D eigenvalue weighted by atomic mass is 10.2. The van der Waals surface area contributed by atoms with Crippen LogP contribution in [-0.2, 0) is 7.05 Å². The summed E-state index contributed by atoms with van der Waals surface area (Å²) < 4.78 is 1.75. The number of rotatable bonds is 2. The predicted molar refractivity (Wildman–Crippen MR) is 78.4 cm³/mol. The number of hydrogen-bond donors (Lipinski definition) is 1. The van der Waals surface area contributed by atoms with Gasteiger partial charge in [0.15, 0.2) is 0 Å². The summed E-state index contributed by atoms with van der Waals surface area (Å²) in [7, 11) is 4.01. The van der Waals surface area contributed by atoms with Crippen molar-refractivity contribution in [3.05, 3.63) is 18.5 Å². The minimum absolute atomic E-state index is 0.493. The summed E-state index contributed by atoms with van der Waals surface area (Å²) in [6.45, 7) is 3.87. The molecule has 1 aliphatic heterocycles. The Balaban J connectivity index is 1.90. The van der Waals surface area contributed by atoms with Crippen LogP contribution in [0.1, 0.15) is 0 Å². The van der Waals surface area contributed by atoms with E-state index in [4.69, 9.17) is 5.73 Å². The molecule has 0 amide bonds. The fourth-order valence-electron chi connectivity index (χ4n) is 2.30. The molecule has 0 atom stereocenters. The molecule has 0 saturated carbocycles. The van der Waals surface area contributed by atoms with Gasteiger partial charge in [-0.25, -0.2) is 4.98 Å². The summed E-state index contributed by atoms with van der Waals surface area (Å²) in [5, 5.41) is 4.17. The van der Waals surface area contributed by atoms with E-state index in [0.29, 0.717) is 11.8 Å². The molecule has 0 aliphatic carbocycles. The molecule has 1 fully saturated rings. The van der Waals surface area contributed by atoms with Gasteiger partial charge in [0, 0.05) is 51.1 Å². The summed E-state index contributed by atoms with van der Waals surface area (Å²) in [4.78, 5) is 13.5. The maximum atomic E-state index is 5.92. The third-order valence-electron chi connectivity index (χ3n) is 3.52. The smallest absolute Gasteiger partial charge is 0.227 e. The van der Waals surface area contributed by atoms with E-state index in [0.717, 1.165) is 37.4 Å². The van der Waals surface area contributed by atoms with Crippen LogP contribution in [0.2, 0.25) is 0 Å². The Kier molecular flexibility index (Phi) is 3.27. The predicted octanol–water partition coefficient (Wildman–Crippen LogP) is 0.211. The molecular formula is C13H19N7. The molecule has 0 radical (unpaired) electrons. The average Bonchev–Trinajstić information content (AvgIpc) is 2.85. The Labute approximate surface area is 118 Å². The number of nitrogen functional groups attached to an aromatic ring is 1. The van der Waals surface area contributed by atoms with Crippen molar-refractivity contribution in [2.24, 2.45) is 7.05 Å². The first-order valence-electron chi connectivity index (χ1n) is 6.69. The zero-order valence-corrected chi connectivity index (χ0v) is 11.8. The Morgan fingerprint density at radius 3 is 2.50 bits per heavy atom. The van der Waals surface area contributed by atoms with Crippen LogP contribution in [0, 0.1) is 0 Å². The molecule has 0 unspecified atom stereocenters. The summed E-state index contributed by atoms with van der Waals surface area (Å²) >= 11 is 0. The highest BCUT2D eigenvalue weighted by atomic mass is 15.3. The SMILES string of the molecule is CN1CCN(c2nc(N)cc(-c3cnn(C)c3)n2)CC1. The zero-order valence-electron chi connectivity index (χ0n) is 11.8. The number of nitrogens with two attached hydrogens (primary N) is 1. The Hall–Kier alpha value is -2.15. The largest absolute Gasteiger partial charge is 0.384 e. The molecule has 2 aromatic heterocycles. The molecule has 0 spiro atoms. The van der Waals surface area contributed by atoms with E-state index in [2.05, 4.69) is 31.9 Å². The molecule has 2 aromatic rings. The maximum absolute atomic E-state index is 5.92. The number of piperazine rings is 1. The highest BCUT2D eigenvalue weighted by Crippen LogP contribution is 2.21. The molecule has 1 aliphatic rings. The Morgan fingerprint density at radius 2 is 1.85 bits per heavy atom. The third-order valence-corrected chi connectivity index (χ3v) is 3.52. The molecular weight excluding hydrogens is 254 g/mol. The van der Waals surface area contributed by atoms with Crippen LogP contribution < -0.4 is 10.6 Å². The second-order valence-electron chi connectivity index (χ2n) is 5.17. The highest BCUT2D eigenvalue weighted by Gasteiger charge is 2.18. The summed E-state index contributed by atoms with van der Waals surface area (Å²) in [5.74, 6) is 1.20. The monoisotopic (exact) mass is 273 g/mol. The van der Waals surface area contributed by atoms with Gasteiger partial charge in [0.05, 0.1) is 11.9 Å². The van der Waals surface area contributed by atoms with Crippen LogP contribution in [0.25, 0.3) is 11.3 Å². The first-order chi connectivity index (χ1) is 9.61. The third kappa shape index (κ3) is 2.57. The zero-order chi connectivity index (χ0) is 14.1. The highest BCUT2D eigenvalue weighted by molar-refractivity contribution is 5.62. The lowest BCUT2D eigenvalue weighted by molar-refractivity contribution is 0.311. The normalized spacial score (nSPS) is 16.6. The number of aryl methyl sites for hydroxylation is 1. The van der Waals surface area contributed by atoms with Gasteiger partial charge in [-0.15, -0.1) is 0 Å². The van der Waals surface area contributed by atoms with Crippen LogP contribution in [0.3, 0.4) is 0 Å². The van der Waals surface area contributed by atoms with Crippen molar-refractivity contribution in [1.82, 2.24) is 24.6 Å². The minimum Gasteiger partial charge on any atom is -0.384 e. The van der Waals surface area contributed by atoms with Crippen molar-refractivity contribution >= 4 is 11.8 Å². The van der Waals surface area contributed by atoms with E-state index in [9.17, 15) is 0 Å². The molecule has 0 aromatic carbocycles. The minimum atomic E-state index is 0.493. The molecule has 3 rings (SSSR count). The molecule has 7 heteroatoms. The van der Waals surface area contributed by atoms with Gasteiger partial charge in [-0.1, -0.05) is 0 Å². The van der Waals surface area contributed by atoms with Gasteiger partial charge in [0.1, 0.15) is 5.82 Å². The molecule has 7 nitrogen and oxygen atoms in total. The second-order valence-corrected chi connectivity index (χ2v) is 5.17. The molecule has 20 heavy (non-hydrogen) atoms. The van der Waals surface area contributed by atoms with Crippen molar-refractivity contribution < 1.29 is 0 Å². The van der Waals surface area contributed by atoms with Crippen LogP contribution in [0.5, 0.6) is 0 Å². The standard InChI is InChI=1S/C13H19N7/c1-18-3-5-20(6-4-18)13-16-11(7-12(14)17-13)10-8-15-19(2)9-10/h7-9H,3-6H2,1-2H3,(H2,14,16,17). The number of aromatic nitrogens is 4. The van der Waals surface area contributed by atoms with Gasteiger partial charge in [0.25, 0.3) is 0 Å². The average molecular weight is 273 g/mol. The van der Waals surface area contributed by atoms with Gasteiger partial charge in [-0.05, 0) is 7.05 Å². The van der Waals surface area contributed by atoms with E-state index in [1.165, 1.54) is 0 Å². The summed E-state index contributed by atoms with van der Waals surface area (Å²) in [5.41, 5.74) is 7.70. The van der Waals surface area contributed by atoms with E-state index in [-0.39, 0.29) is 0 Å². The second kappa shape index (κ2) is 5.09. The van der Waals surface area contributed by atoms with Crippen molar-refractivity contribution in [1.29, 1.82) is 0 Å². The number of likely N-dealkylation sites (N-methyl/N-ethyl adjacent to an activating group) is 1. The Bertz CT molecular complexity index is 599. The number of nitrogens with zero attached hydrogens (tertiary/aromatic N) is 6. The molecule has 3 heterocycles. The van der Waals surface area contributed by atoms with E-state index in [1.807, 2.05) is 13.2 Å². The Morgan fingerprint density at radius 1 is 1.10 bits per heavy atom. The van der Waals surface area contributed by atoms with Crippen molar-refractivity contribution in [2.45, 2.75) is 0 Å². The topological polar surface area (TPSA) is 76.1 Å². The fraction of sp³-hybridized carbons (Fsp3) is 0.462. The van der Waals surface area contributed by atoms with Crippen LogP contribution in [0.4, 0.5) is 11.8 Å².